The lowest BCUT2D eigenvalue weighted by Crippen LogP contribution is -1.88. The third kappa shape index (κ3) is 1.14. The van der Waals surface area contributed by atoms with Crippen LogP contribution in [-0.2, 0) is 0 Å². The summed E-state index contributed by atoms with van der Waals surface area (Å²) in [7, 11) is 0. The second-order valence-electron chi connectivity index (χ2n) is 1.99. The molecule has 0 fully saturated rings. The second kappa shape index (κ2) is 2.49. The number of rotatable bonds is 0. The summed E-state index contributed by atoms with van der Waals surface area (Å²) in [4.78, 5) is 3.69. The molecule has 0 bridgehead atoms. The van der Waals surface area contributed by atoms with E-state index in [1.165, 1.54) is 12.3 Å². The van der Waals surface area contributed by atoms with Gasteiger partial charge < -0.3 is 0 Å². The van der Waals surface area contributed by atoms with E-state index in [9.17, 15) is 4.39 Å². The summed E-state index contributed by atoms with van der Waals surface area (Å²) in [6.07, 6.45) is 6.49. The average Bonchev–Trinajstić information content (AvgIpc) is 1.88. The molecule has 1 heterocycles. The van der Waals surface area contributed by atoms with Crippen LogP contribution in [0.25, 0.3) is 0 Å². The van der Waals surface area contributed by atoms with Crippen molar-refractivity contribution in [2.75, 3.05) is 0 Å². The SMILES string of the molecule is C#Cc1ncc(C)cc1F. The number of pyridine rings is 1. The first-order valence-electron chi connectivity index (χ1n) is 2.83. The Morgan fingerprint density at radius 3 is 2.90 bits per heavy atom. The molecule has 0 aliphatic carbocycles. The number of hydrogen-bond donors (Lipinski definition) is 0. The molecule has 0 aromatic carbocycles. The van der Waals surface area contributed by atoms with E-state index in [-0.39, 0.29) is 5.69 Å². The predicted molar refractivity (Wildman–Crippen MR) is 36.9 cm³/mol. The zero-order valence-electron chi connectivity index (χ0n) is 5.56. The molecule has 1 rings (SSSR count). The van der Waals surface area contributed by atoms with Crippen LogP contribution in [0, 0.1) is 25.1 Å². The molecule has 50 valence electrons. The smallest absolute Gasteiger partial charge is 0.157 e. The van der Waals surface area contributed by atoms with Gasteiger partial charge in [-0.15, -0.1) is 6.42 Å². The molecule has 0 N–H and O–H groups in total. The Labute approximate surface area is 58.9 Å². The molecule has 0 aliphatic rings. The van der Waals surface area contributed by atoms with Crippen LogP contribution in [0.1, 0.15) is 11.3 Å². The molecule has 1 aromatic heterocycles. The molecule has 0 amide bonds. The van der Waals surface area contributed by atoms with Crippen molar-refractivity contribution in [3.63, 3.8) is 0 Å². The molecule has 0 atom stereocenters. The molecule has 1 aromatic rings. The fourth-order valence-electron chi connectivity index (χ4n) is 0.640. The molecule has 0 saturated heterocycles. The minimum atomic E-state index is -0.428. The van der Waals surface area contributed by atoms with Crippen molar-refractivity contribution in [1.82, 2.24) is 4.98 Å². The Bertz CT molecular complexity index is 286. The molecular formula is C8H6FN. The lowest BCUT2D eigenvalue weighted by molar-refractivity contribution is 0.615. The predicted octanol–water partition coefficient (Wildman–Crippen LogP) is 1.51. The largest absolute Gasteiger partial charge is 0.244 e. The van der Waals surface area contributed by atoms with Crippen LogP contribution in [0.5, 0.6) is 0 Å². The molecule has 10 heavy (non-hydrogen) atoms. The van der Waals surface area contributed by atoms with E-state index in [0.717, 1.165) is 5.56 Å². The van der Waals surface area contributed by atoms with E-state index in [4.69, 9.17) is 6.42 Å². The van der Waals surface area contributed by atoms with Crippen molar-refractivity contribution in [1.29, 1.82) is 0 Å². The summed E-state index contributed by atoms with van der Waals surface area (Å²) in [6, 6.07) is 1.36. The Kier molecular flexibility index (Phi) is 1.68. The summed E-state index contributed by atoms with van der Waals surface area (Å²) in [5.74, 6) is 1.71. The average molecular weight is 135 g/mol. The van der Waals surface area contributed by atoms with Gasteiger partial charge in [0, 0.05) is 6.20 Å². The lowest BCUT2D eigenvalue weighted by Gasteiger charge is -1.93. The first kappa shape index (κ1) is 6.76. The van der Waals surface area contributed by atoms with Gasteiger partial charge in [-0.05, 0) is 24.5 Å². The fourth-order valence-corrected chi connectivity index (χ4v) is 0.640. The molecule has 0 saturated carbocycles. The maximum Gasteiger partial charge on any atom is 0.157 e. The fraction of sp³-hybridized carbons (Fsp3) is 0.125. The maximum absolute atomic E-state index is 12.6. The van der Waals surface area contributed by atoms with Gasteiger partial charge in [-0.1, -0.05) is 0 Å². The van der Waals surface area contributed by atoms with Gasteiger partial charge in [0.25, 0.3) is 0 Å². The van der Waals surface area contributed by atoms with Gasteiger partial charge in [0.1, 0.15) is 5.69 Å². The topological polar surface area (TPSA) is 12.9 Å². The van der Waals surface area contributed by atoms with Crippen LogP contribution in [0.4, 0.5) is 4.39 Å². The number of nitrogens with zero attached hydrogens (tertiary/aromatic N) is 1. The third-order valence-electron chi connectivity index (χ3n) is 1.11. The molecule has 0 aliphatic heterocycles. The summed E-state index contributed by atoms with van der Waals surface area (Å²) >= 11 is 0. The summed E-state index contributed by atoms with van der Waals surface area (Å²) in [5, 5.41) is 0. The number of aromatic nitrogens is 1. The minimum absolute atomic E-state index is 0.0746. The van der Waals surface area contributed by atoms with Gasteiger partial charge in [0.2, 0.25) is 0 Å². The van der Waals surface area contributed by atoms with E-state index in [1.54, 1.807) is 6.92 Å². The van der Waals surface area contributed by atoms with E-state index in [1.807, 2.05) is 0 Å². The van der Waals surface area contributed by atoms with Crippen molar-refractivity contribution >= 4 is 0 Å². The monoisotopic (exact) mass is 135 g/mol. The Hall–Kier alpha value is -1.36. The number of aryl methyl sites for hydroxylation is 1. The normalized spacial score (nSPS) is 8.90. The van der Waals surface area contributed by atoms with Crippen molar-refractivity contribution in [2.24, 2.45) is 0 Å². The van der Waals surface area contributed by atoms with E-state index >= 15 is 0 Å². The highest BCUT2D eigenvalue weighted by atomic mass is 19.1. The van der Waals surface area contributed by atoms with Crippen LogP contribution in [0.2, 0.25) is 0 Å². The van der Waals surface area contributed by atoms with Gasteiger partial charge in [0.05, 0.1) is 0 Å². The minimum Gasteiger partial charge on any atom is -0.244 e. The highest BCUT2D eigenvalue weighted by Crippen LogP contribution is 2.03. The highest BCUT2D eigenvalue weighted by molar-refractivity contribution is 5.27. The number of terminal acetylenes is 1. The Morgan fingerprint density at radius 2 is 2.40 bits per heavy atom. The zero-order chi connectivity index (χ0) is 7.56. The molecule has 2 heteroatoms. The highest BCUT2D eigenvalue weighted by Gasteiger charge is 1.97. The summed E-state index contributed by atoms with van der Waals surface area (Å²) in [6.45, 7) is 1.76. The second-order valence-corrected chi connectivity index (χ2v) is 1.99. The summed E-state index contributed by atoms with van der Waals surface area (Å²) in [5.41, 5.74) is 0.849. The van der Waals surface area contributed by atoms with Gasteiger partial charge in [-0.25, -0.2) is 9.37 Å². The van der Waals surface area contributed by atoms with Crippen LogP contribution >= 0.6 is 0 Å². The Morgan fingerprint density at radius 1 is 1.70 bits per heavy atom. The van der Waals surface area contributed by atoms with Crippen LogP contribution < -0.4 is 0 Å². The first-order chi connectivity index (χ1) is 4.74. The number of halogens is 1. The standard InChI is InChI=1S/C8H6FN/c1-3-8-7(9)4-6(2)5-10-8/h1,4-5H,2H3. The van der Waals surface area contributed by atoms with Crippen molar-refractivity contribution in [2.45, 2.75) is 6.92 Å². The van der Waals surface area contributed by atoms with Crippen molar-refractivity contribution in [3.8, 4) is 12.3 Å². The van der Waals surface area contributed by atoms with Gasteiger partial charge in [-0.2, -0.15) is 0 Å². The summed E-state index contributed by atoms with van der Waals surface area (Å²) < 4.78 is 12.6. The molecule has 0 radical (unpaired) electrons. The van der Waals surface area contributed by atoms with Crippen LogP contribution in [0.3, 0.4) is 0 Å². The van der Waals surface area contributed by atoms with E-state index < -0.39 is 5.82 Å². The zero-order valence-corrected chi connectivity index (χ0v) is 5.56. The van der Waals surface area contributed by atoms with Crippen molar-refractivity contribution in [3.05, 3.63) is 29.3 Å². The maximum atomic E-state index is 12.6. The van der Waals surface area contributed by atoms with Gasteiger partial charge >= 0.3 is 0 Å². The van der Waals surface area contributed by atoms with Crippen LogP contribution in [-0.4, -0.2) is 4.98 Å². The lowest BCUT2D eigenvalue weighted by atomic mass is 10.3. The van der Waals surface area contributed by atoms with Crippen molar-refractivity contribution < 1.29 is 4.39 Å². The molecule has 1 nitrogen and oxygen atoms in total. The van der Waals surface area contributed by atoms with Crippen LogP contribution in [0.15, 0.2) is 12.3 Å². The first-order valence-corrected chi connectivity index (χ1v) is 2.83. The molecule has 0 unspecified atom stereocenters. The third-order valence-corrected chi connectivity index (χ3v) is 1.11. The molecular weight excluding hydrogens is 129 g/mol. The van der Waals surface area contributed by atoms with E-state index in [2.05, 4.69) is 10.9 Å². The Balaban J connectivity index is 3.23. The number of hydrogen-bond acceptors (Lipinski definition) is 1. The molecule has 0 spiro atoms. The van der Waals surface area contributed by atoms with Gasteiger partial charge in [0.15, 0.2) is 5.82 Å². The van der Waals surface area contributed by atoms with E-state index in [0.29, 0.717) is 0 Å². The quantitative estimate of drug-likeness (QED) is 0.491. The van der Waals surface area contributed by atoms with Gasteiger partial charge in [-0.3, -0.25) is 0 Å².